The van der Waals surface area contributed by atoms with Crippen molar-refractivity contribution in [3.63, 3.8) is 0 Å². The molecule has 0 atom stereocenters. The fourth-order valence-corrected chi connectivity index (χ4v) is 3.45. The summed E-state index contributed by atoms with van der Waals surface area (Å²) < 4.78 is 5.93. The average Bonchev–Trinajstić information content (AvgIpc) is 2.33. The SMILES string of the molecule is CN(C)c1nc(N[Si](C)(C)C)nc2nc(O[Si](C)(C)C)cnc12. The maximum absolute atomic E-state index is 5.93. The van der Waals surface area contributed by atoms with Gasteiger partial charge in [0.2, 0.25) is 20.1 Å². The van der Waals surface area contributed by atoms with Gasteiger partial charge in [-0.25, -0.2) is 4.98 Å². The Bertz CT molecular complexity index is 703. The van der Waals surface area contributed by atoms with E-state index in [2.05, 4.69) is 64.2 Å². The van der Waals surface area contributed by atoms with Crippen LogP contribution in [-0.2, 0) is 0 Å². The Labute approximate surface area is 139 Å². The van der Waals surface area contributed by atoms with Gasteiger partial charge < -0.3 is 14.3 Å². The van der Waals surface area contributed by atoms with Crippen molar-refractivity contribution in [1.82, 2.24) is 19.9 Å². The summed E-state index contributed by atoms with van der Waals surface area (Å²) in [5.74, 6) is 1.88. The summed E-state index contributed by atoms with van der Waals surface area (Å²) in [6.45, 7) is 12.9. The van der Waals surface area contributed by atoms with Crippen LogP contribution >= 0.6 is 0 Å². The van der Waals surface area contributed by atoms with E-state index in [1.165, 1.54) is 0 Å². The molecule has 0 fully saturated rings. The smallest absolute Gasteiger partial charge is 0.244 e. The van der Waals surface area contributed by atoms with Gasteiger partial charge in [0.05, 0.1) is 6.20 Å². The molecule has 23 heavy (non-hydrogen) atoms. The number of rotatable bonds is 5. The summed E-state index contributed by atoms with van der Waals surface area (Å²) in [6.07, 6.45) is 1.66. The standard InChI is InChI=1S/C14H26N6OSi2/c1-20(2)13-11-12(17-14(18-13)19-22(3,4)5)16-10(9-15-11)21-23(6,7)8/h9H,1-8H3,(H,16,17,18,19). The van der Waals surface area contributed by atoms with Gasteiger partial charge in [-0.05, 0) is 19.6 Å². The minimum atomic E-state index is -1.74. The van der Waals surface area contributed by atoms with Crippen molar-refractivity contribution in [1.29, 1.82) is 0 Å². The molecule has 7 nitrogen and oxygen atoms in total. The average molecular weight is 351 g/mol. The van der Waals surface area contributed by atoms with Crippen molar-refractivity contribution in [2.24, 2.45) is 0 Å². The van der Waals surface area contributed by atoms with Crippen molar-refractivity contribution in [3.05, 3.63) is 6.20 Å². The van der Waals surface area contributed by atoms with Gasteiger partial charge in [0.1, 0.15) is 8.24 Å². The molecule has 0 aliphatic carbocycles. The molecule has 2 aromatic heterocycles. The molecule has 0 saturated carbocycles. The van der Waals surface area contributed by atoms with Crippen molar-refractivity contribution in [2.75, 3.05) is 24.0 Å². The molecule has 0 bridgehead atoms. The molecule has 0 unspecified atom stereocenters. The molecule has 0 aliphatic rings. The summed E-state index contributed by atoms with van der Waals surface area (Å²) in [5.41, 5.74) is 1.24. The molecular weight excluding hydrogens is 324 g/mol. The number of fused-ring (bicyclic) bond motifs is 1. The van der Waals surface area contributed by atoms with Crippen LogP contribution in [0.15, 0.2) is 6.20 Å². The molecule has 0 saturated heterocycles. The van der Waals surface area contributed by atoms with E-state index < -0.39 is 16.6 Å². The zero-order valence-corrected chi connectivity index (χ0v) is 17.2. The Balaban J connectivity index is 2.55. The third-order valence-corrected chi connectivity index (χ3v) is 4.48. The van der Waals surface area contributed by atoms with Gasteiger partial charge in [0.15, 0.2) is 17.0 Å². The molecule has 0 radical (unpaired) electrons. The fourth-order valence-electron chi connectivity index (χ4n) is 1.94. The normalized spacial score (nSPS) is 12.3. The Morgan fingerprint density at radius 1 is 1.00 bits per heavy atom. The highest BCUT2D eigenvalue weighted by Gasteiger charge is 2.21. The van der Waals surface area contributed by atoms with Crippen LogP contribution in [0.25, 0.3) is 11.2 Å². The Morgan fingerprint density at radius 2 is 1.65 bits per heavy atom. The van der Waals surface area contributed by atoms with Gasteiger partial charge in [0.25, 0.3) is 0 Å². The third kappa shape index (κ3) is 4.86. The lowest BCUT2D eigenvalue weighted by Gasteiger charge is -2.21. The number of anilines is 2. The zero-order valence-electron chi connectivity index (χ0n) is 15.2. The van der Waals surface area contributed by atoms with Crippen molar-refractivity contribution < 1.29 is 4.43 Å². The van der Waals surface area contributed by atoms with E-state index in [1.807, 2.05) is 19.0 Å². The molecular formula is C14H26N6OSi2. The molecule has 9 heteroatoms. The topological polar surface area (TPSA) is 76.1 Å². The van der Waals surface area contributed by atoms with Crippen LogP contribution in [0.2, 0.25) is 39.3 Å². The van der Waals surface area contributed by atoms with Gasteiger partial charge in [-0.3, -0.25) is 0 Å². The van der Waals surface area contributed by atoms with Crippen LogP contribution in [0, 0.1) is 0 Å². The lowest BCUT2D eigenvalue weighted by molar-refractivity contribution is 0.533. The highest BCUT2D eigenvalue weighted by molar-refractivity contribution is 6.79. The molecule has 2 rings (SSSR count). The molecule has 1 N–H and O–H groups in total. The van der Waals surface area contributed by atoms with Crippen LogP contribution in [0.3, 0.4) is 0 Å². The van der Waals surface area contributed by atoms with Crippen LogP contribution in [0.4, 0.5) is 11.8 Å². The predicted octanol–water partition coefficient (Wildman–Crippen LogP) is 2.95. The third-order valence-electron chi connectivity index (χ3n) is 2.69. The maximum Gasteiger partial charge on any atom is 0.244 e. The van der Waals surface area contributed by atoms with Gasteiger partial charge in [0, 0.05) is 14.1 Å². The Morgan fingerprint density at radius 3 is 2.17 bits per heavy atom. The first-order valence-electron chi connectivity index (χ1n) is 7.64. The predicted molar refractivity (Wildman–Crippen MR) is 100 cm³/mol. The van der Waals surface area contributed by atoms with E-state index in [4.69, 9.17) is 4.43 Å². The van der Waals surface area contributed by atoms with Crippen molar-refractivity contribution >= 4 is 39.5 Å². The second-order valence-corrected chi connectivity index (χ2v) is 16.9. The molecule has 0 aromatic carbocycles. The quantitative estimate of drug-likeness (QED) is 0.831. The summed E-state index contributed by atoms with van der Waals surface area (Å²) in [4.78, 5) is 23.5. The minimum absolute atomic E-state index is 0.527. The van der Waals surface area contributed by atoms with E-state index in [0.717, 1.165) is 5.82 Å². The number of hydrogen-bond acceptors (Lipinski definition) is 7. The number of aromatic nitrogens is 4. The molecule has 2 heterocycles. The zero-order chi connectivity index (χ0) is 17.4. The molecule has 0 spiro atoms. The first-order valence-corrected chi connectivity index (χ1v) is 14.5. The first-order chi connectivity index (χ1) is 10.4. The van der Waals surface area contributed by atoms with E-state index >= 15 is 0 Å². The van der Waals surface area contributed by atoms with Crippen LogP contribution in [0.1, 0.15) is 0 Å². The van der Waals surface area contributed by atoms with Gasteiger partial charge >= 0.3 is 0 Å². The Hall–Kier alpha value is -1.75. The molecule has 126 valence electrons. The first kappa shape index (κ1) is 17.6. The molecule has 0 aliphatic heterocycles. The Kier molecular flexibility index (Phi) is 4.62. The lowest BCUT2D eigenvalue weighted by Crippen LogP contribution is -2.33. The molecule has 2 aromatic rings. The summed E-state index contributed by atoms with van der Waals surface area (Å²) >= 11 is 0. The maximum atomic E-state index is 5.93. The monoisotopic (exact) mass is 350 g/mol. The van der Waals surface area contributed by atoms with Gasteiger partial charge in [-0.2, -0.15) is 15.0 Å². The number of nitrogens with one attached hydrogen (secondary N) is 1. The summed E-state index contributed by atoms with van der Waals surface area (Å²) in [5, 5.41) is 0. The van der Waals surface area contributed by atoms with E-state index in [1.54, 1.807) is 6.20 Å². The summed E-state index contributed by atoms with van der Waals surface area (Å²) in [6, 6.07) is 0. The van der Waals surface area contributed by atoms with Crippen molar-refractivity contribution in [3.8, 4) is 5.88 Å². The largest absolute Gasteiger partial charge is 0.530 e. The van der Waals surface area contributed by atoms with Crippen molar-refractivity contribution in [2.45, 2.75) is 39.3 Å². The van der Waals surface area contributed by atoms with Crippen LogP contribution < -0.4 is 14.3 Å². The second kappa shape index (κ2) is 6.04. The number of hydrogen-bond donors (Lipinski definition) is 1. The van der Waals surface area contributed by atoms with Crippen LogP contribution in [0.5, 0.6) is 5.88 Å². The molecule has 0 amide bonds. The van der Waals surface area contributed by atoms with Crippen LogP contribution in [-0.4, -0.2) is 50.6 Å². The summed E-state index contributed by atoms with van der Waals surface area (Å²) in [7, 11) is 0.579. The highest BCUT2D eigenvalue weighted by atomic mass is 28.4. The fraction of sp³-hybridized carbons (Fsp3) is 0.571. The lowest BCUT2D eigenvalue weighted by atomic mass is 10.4. The van der Waals surface area contributed by atoms with E-state index in [-0.39, 0.29) is 0 Å². The van der Waals surface area contributed by atoms with Gasteiger partial charge in [-0.15, -0.1) is 0 Å². The second-order valence-electron chi connectivity index (χ2n) is 7.74. The van der Waals surface area contributed by atoms with E-state index in [0.29, 0.717) is 23.0 Å². The minimum Gasteiger partial charge on any atom is -0.530 e. The number of nitrogens with zero attached hydrogens (tertiary/aromatic N) is 5. The van der Waals surface area contributed by atoms with E-state index in [9.17, 15) is 0 Å². The van der Waals surface area contributed by atoms with Gasteiger partial charge in [-0.1, -0.05) is 19.6 Å². The highest BCUT2D eigenvalue weighted by Crippen LogP contribution is 2.24.